The van der Waals surface area contributed by atoms with Crippen LogP contribution in [0.5, 0.6) is 5.75 Å². The number of nitrogens with zero attached hydrogens (tertiary/aromatic N) is 1. The molecule has 3 nitrogen and oxygen atoms in total. The molecule has 0 unspecified atom stereocenters. The number of rotatable bonds is 3. The van der Waals surface area contributed by atoms with Crippen LogP contribution in [0.15, 0.2) is 30.5 Å². The van der Waals surface area contributed by atoms with E-state index in [-0.39, 0.29) is 5.66 Å². The van der Waals surface area contributed by atoms with E-state index in [0.717, 1.165) is 21.9 Å². The van der Waals surface area contributed by atoms with Gasteiger partial charge in [0.05, 0.1) is 7.11 Å². The topological polar surface area (TPSA) is 24.5 Å². The zero-order valence-electron chi connectivity index (χ0n) is 12.7. The minimum Gasteiger partial charge on any atom is -0.497 e. The molecule has 0 bridgehead atoms. The van der Waals surface area contributed by atoms with Crippen molar-refractivity contribution in [3.63, 3.8) is 0 Å². The number of hydrogen-bond acceptors (Lipinski definition) is 3. The Kier molecular flexibility index (Phi) is 4.04. The van der Waals surface area contributed by atoms with Crippen molar-refractivity contribution >= 4 is 22.8 Å². The summed E-state index contributed by atoms with van der Waals surface area (Å²) >= 11 is 5.53. The van der Waals surface area contributed by atoms with Crippen LogP contribution < -0.4 is 10.1 Å². The number of methoxy groups -OCH3 is 1. The van der Waals surface area contributed by atoms with E-state index in [0.29, 0.717) is 6.04 Å². The first-order valence-corrected chi connectivity index (χ1v) is 7.23. The van der Waals surface area contributed by atoms with Crippen molar-refractivity contribution < 1.29 is 4.74 Å². The third-order valence-corrected chi connectivity index (χ3v) is 3.84. The average molecular weight is 290 g/mol. The fourth-order valence-electron chi connectivity index (χ4n) is 2.56. The Balaban J connectivity index is 2.46. The van der Waals surface area contributed by atoms with E-state index in [9.17, 15) is 0 Å². The second-order valence-corrected chi connectivity index (χ2v) is 6.20. The molecule has 0 fully saturated rings. The average Bonchev–Trinajstić information content (AvgIpc) is 2.37. The predicted molar refractivity (Wildman–Crippen MR) is 87.8 cm³/mol. The van der Waals surface area contributed by atoms with Crippen LogP contribution in [0.3, 0.4) is 0 Å². The van der Waals surface area contributed by atoms with Gasteiger partial charge in [-0.05, 0) is 45.4 Å². The maximum absolute atomic E-state index is 5.53. The van der Waals surface area contributed by atoms with Crippen LogP contribution >= 0.6 is 12.2 Å². The first kappa shape index (κ1) is 14.9. The fraction of sp³-hybridized carbons (Fsp3) is 0.438. The molecule has 1 heterocycles. The van der Waals surface area contributed by atoms with Gasteiger partial charge in [0.2, 0.25) is 0 Å². The summed E-state index contributed by atoms with van der Waals surface area (Å²) in [7, 11) is 1.68. The van der Waals surface area contributed by atoms with Crippen LogP contribution in [0.25, 0.3) is 5.57 Å². The van der Waals surface area contributed by atoms with Crippen molar-refractivity contribution in [2.45, 2.75) is 39.4 Å². The van der Waals surface area contributed by atoms with Gasteiger partial charge in [-0.2, -0.15) is 0 Å². The molecule has 1 aromatic rings. The van der Waals surface area contributed by atoms with Crippen LogP contribution in [-0.4, -0.2) is 28.7 Å². The van der Waals surface area contributed by atoms with Gasteiger partial charge < -0.3 is 15.0 Å². The van der Waals surface area contributed by atoms with Crippen molar-refractivity contribution in [2.75, 3.05) is 7.11 Å². The van der Waals surface area contributed by atoms with E-state index in [4.69, 9.17) is 17.0 Å². The Morgan fingerprint density at radius 3 is 2.60 bits per heavy atom. The lowest BCUT2D eigenvalue weighted by atomic mass is 10.0. The molecule has 0 saturated carbocycles. The van der Waals surface area contributed by atoms with Gasteiger partial charge in [-0.15, -0.1) is 0 Å². The maximum atomic E-state index is 5.53. The smallest absolute Gasteiger partial charge is 0.119 e. The van der Waals surface area contributed by atoms with Gasteiger partial charge in [0.15, 0.2) is 0 Å². The van der Waals surface area contributed by atoms with Crippen LogP contribution in [0.4, 0.5) is 0 Å². The summed E-state index contributed by atoms with van der Waals surface area (Å²) in [5.41, 5.74) is 1.93. The lowest BCUT2D eigenvalue weighted by Crippen LogP contribution is -2.59. The third kappa shape index (κ3) is 2.80. The zero-order chi connectivity index (χ0) is 14.9. The van der Waals surface area contributed by atoms with Crippen molar-refractivity contribution in [1.82, 2.24) is 10.2 Å². The molecule has 0 atom stereocenters. The van der Waals surface area contributed by atoms with Gasteiger partial charge in [0, 0.05) is 17.8 Å². The third-order valence-electron chi connectivity index (χ3n) is 3.51. The van der Waals surface area contributed by atoms with Crippen molar-refractivity contribution in [2.24, 2.45) is 0 Å². The monoisotopic (exact) mass is 290 g/mol. The number of thiocarbonyl (C=S) groups is 1. The highest BCUT2D eigenvalue weighted by Crippen LogP contribution is 2.29. The molecule has 0 amide bonds. The molecular weight excluding hydrogens is 268 g/mol. The largest absolute Gasteiger partial charge is 0.497 e. The standard InChI is InChI=1S/C16H22N2OS/c1-11(2)18-10-14(15(20)17-16(18,3)4)12-7-6-8-13(9-12)19-5/h6-11H,1-5H3,(H,17,20). The summed E-state index contributed by atoms with van der Waals surface area (Å²) in [6.45, 7) is 8.63. The highest BCUT2D eigenvalue weighted by Gasteiger charge is 2.32. The Hall–Kier alpha value is -1.55. The molecule has 1 N–H and O–H groups in total. The molecule has 2 rings (SSSR count). The zero-order valence-corrected chi connectivity index (χ0v) is 13.5. The minimum atomic E-state index is -0.173. The van der Waals surface area contributed by atoms with Gasteiger partial charge in [-0.1, -0.05) is 24.4 Å². The second kappa shape index (κ2) is 5.44. The SMILES string of the molecule is COc1cccc(C2=CN(C(C)C)C(C)(C)NC2=S)c1. The number of nitrogens with one attached hydrogen (secondary N) is 1. The molecule has 108 valence electrons. The molecule has 0 aromatic heterocycles. The van der Waals surface area contributed by atoms with Gasteiger partial charge in [-0.25, -0.2) is 0 Å². The van der Waals surface area contributed by atoms with Gasteiger partial charge in [0.25, 0.3) is 0 Å². The van der Waals surface area contributed by atoms with Crippen molar-refractivity contribution in [3.8, 4) is 5.75 Å². The quantitative estimate of drug-likeness (QED) is 0.862. The Bertz CT molecular complexity index is 549. The molecule has 0 aliphatic carbocycles. The molecule has 0 spiro atoms. The summed E-state index contributed by atoms with van der Waals surface area (Å²) in [6, 6.07) is 8.38. The molecular formula is C16H22N2OS. The summed E-state index contributed by atoms with van der Waals surface area (Å²) < 4.78 is 5.29. The summed E-state index contributed by atoms with van der Waals surface area (Å²) in [6.07, 6.45) is 2.15. The summed E-state index contributed by atoms with van der Waals surface area (Å²) in [5, 5.41) is 3.42. The van der Waals surface area contributed by atoms with Crippen molar-refractivity contribution in [3.05, 3.63) is 36.0 Å². The van der Waals surface area contributed by atoms with Crippen LogP contribution in [-0.2, 0) is 0 Å². The molecule has 1 aliphatic rings. The number of hydrogen-bond donors (Lipinski definition) is 1. The molecule has 20 heavy (non-hydrogen) atoms. The van der Waals surface area contributed by atoms with Crippen LogP contribution in [0, 0.1) is 0 Å². The lowest BCUT2D eigenvalue weighted by molar-refractivity contribution is 0.129. The Morgan fingerprint density at radius 2 is 2.00 bits per heavy atom. The highest BCUT2D eigenvalue weighted by atomic mass is 32.1. The molecule has 4 heteroatoms. The second-order valence-electron chi connectivity index (χ2n) is 5.79. The first-order valence-electron chi connectivity index (χ1n) is 6.82. The fourth-order valence-corrected chi connectivity index (χ4v) is 2.98. The highest BCUT2D eigenvalue weighted by molar-refractivity contribution is 7.81. The lowest BCUT2D eigenvalue weighted by Gasteiger charge is -2.46. The minimum absolute atomic E-state index is 0.173. The Labute approximate surface area is 126 Å². The van der Waals surface area contributed by atoms with Gasteiger partial charge in [0.1, 0.15) is 16.4 Å². The predicted octanol–water partition coefficient (Wildman–Crippen LogP) is 3.41. The summed E-state index contributed by atoms with van der Waals surface area (Å²) in [4.78, 5) is 3.07. The van der Waals surface area contributed by atoms with Crippen LogP contribution in [0.1, 0.15) is 33.3 Å². The van der Waals surface area contributed by atoms with Gasteiger partial charge in [-0.3, -0.25) is 0 Å². The summed E-state index contributed by atoms with van der Waals surface area (Å²) in [5.74, 6) is 0.840. The Morgan fingerprint density at radius 1 is 1.30 bits per heavy atom. The van der Waals surface area contributed by atoms with E-state index in [2.05, 4.69) is 50.2 Å². The molecule has 1 aromatic carbocycles. The first-order chi connectivity index (χ1) is 9.35. The molecule has 1 aliphatic heterocycles. The number of ether oxygens (including phenoxy) is 1. The molecule has 0 saturated heterocycles. The normalized spacial score (nSPS) is 17.8. The maximum Gasteiger partial charge on any atom is 0.119 e. The number of benzene rings is 1. The van der Waals surface area contributed by atoms with Crippen molar-refractivity contribution in [1.29, 1.82) is 0 Å². The van der Waals surface area contributed by atoms with Crippen LogP contribution in [0.2, 0.25) is 0 Å². The van der Waals surface area contributed by atoms with E-state index >= 15 is 0 Å². The van der Waals surface area contributed by atoms with E-state index in [1.807, 2.05) is 18.2 Å². The van der Waals surface area contributed by atoms with E-state index < -0.39 is 0 Å². The van der Waals surface area contributed by atoms with E-state index in [1.54, 1.807) is 7.11 Å². The van der Waals surface area contributed by atoms with E-state index in [1.165, 1.54) is 0 Å². The molecule has 0 radical (unpaired) electrons. The van der Waals surface area contributed by atoms with Gasteiger partial charge >= 0.3 is 0 Å².